The summed E-state index contributed by atoms with van der Waals surface area (Å²) < 4.78 is 7.71. The van der Waals surface area contributed by atoms with Gasteiger partial charge in [0, 0.05) is 18.0 Å². The third kappa shape index (κ3) is 2.60. The number of hydrogen-bond acceptors (Lipinski definition) is 2. The van der Waals surface area contributed by atoms with Crippen LogP contribution >= 0.6 is 0 Å². The highest BCUT2D eigenvalue weighted by molar-refractivity contribution is 5.93. The number of nitrogens with zero attached hydrogens (tertiary/aromatic N) is 1. The van der Waals surface area contributed by atoms with Gasteiger partial charge in [0.25, 0.3) is 0 Å². The number of rotatable bonds is 4. The molecule has 3 rings (SSSR count). The van der Waals surface area contributed by atoms with Gasteiger partial charge in [-0.1, -0.05) is 24.3 Å². The van der Waals surface area contributed by atoms with Crippen molar-refractivity contribution >= 4 is 16.9 Å². The molecule has 0 radical (unpaired) electrons. The number of ether oxygens (including phenoxy) is 1. The lowest BCUT2D eigenvalue weighted by molar-refractivity contribution is 0.0697. The Morgan fingerprint density at radius 2 is 1.90 bits per heavy atom. The van der Waals surface area contributed by atoms with Gasteiger partial charge >= 0.3 is 5.97 Å². The largest absolute Gasteiger partial charge is 0.487 e. The zero-order valence-corrected chi connectivity index (χ0v) is 11.6. The van der Waals surface area contributed by atoms with Gasteiger partial charge in [-0.25, -0.2) is 4.79 Å². The van der Waals surface area contributed by atoms with Gasteiger partial charge in [-0.2, -0.15) is 0 Å². The molecular weight excluding hydrogens is 266 g/mol. The van der Waals surface area contributed by atoms with Crippen molar-refractivity contribution in [1.82, 2.24) is 4.57 Å². The third-order valence-electron chi connectivity index (χ3n) is 3.52. The number of aromatic carboxylic acids is 1. The van der Waals surface area contributed by atoms with Crippen molar-refractivity contribution in [3.8, 4) is 5.75 Å². The van der Waals surface area contributed by atoms with Crippen LogP contribution in [0.2, 0.25) is 0 Å². The van der Waals surface area contributed by atoms with Crippen LogP contribution in [0, 0.1) is 0 Å². The minimum absolute atomic E-state index is 0.291. The van der Waals surface area contributed by atoms with Crippen molar-refractivity contribution < 1.29 is 14.6 Å². The number of fused-ring (bicyclic) bond motifs is 1. The van der Waals surface area contributed by atoms with Crippen LogP contribution in [0.1, 0.15) is 16.1 Å². The number of carbonyl (C=O) groups is 1. The molecule has 1 heterocycles. The average Bonchev–Trinajstić information content (AvgIpc) is 2.82. The minimum atomic E-state index is -0.916. The van der Waals surface area contributed by atoms with Gasteiger partial charge in [-0.15, -0.1) is 0 Å². The maximum Gasteiger partial charge on any atom is 0.335 e. The van der Waals surface area contributed by atoms with E-state index in [1.54, 1.807) is 12.1 Å². The number of para-hydroxylation sites is 1. The van der Waals surface area contributed by atoms with Gasteiger partial charge in [0.05, 0.1) is 11.3 Å². The molecule has 0 aliphatic heterocycles. The van der Waals surface area contributed by atoms with E-state index in [1.807, 2.05) is 54.1 Å². The quantitative estimate of drug-likeness (QED) is 0.796. The molecule has 0 saturated heterocycles. The summed E-state index contributed by atoms with van der Waals surface area (Å²) in [6.45, 7) is 0.442. The SMILES string of the molecule is Cn1c(COc2ccccc2)cc2ccc(C(=O)O)cc21. The van der Waals surface area contributed by atoms with Gasteiger partial charge in [-0.3, -0.25) is 0 Å². The summed E-state index contributed by atoms with van der Waals surface area (Å²) in [5, 5.41) is 10.1. The van der Waals surface area contributed by atoms with E-state index in [4.69, 9.17) is 9.84 Å². The van der Waals surface area contributed by atoms with Crippen molar-refractivity contribution in [3.05, 3.63) is 65.9 Å². The molecule has 0 bridgehead atoms. The van der Waals surface area contributed by atoms with Gasteiger partial charge in [-0.05, 0) is 30.3 Å². The third-order valence-corrected chi connectivity index (χ3v) is 3.52. The first-order valence-electron chi connectivity index (χ1n) is 6.64. The van der Waals surface area contributed by atoms with Crippen molar-refractivity contribution in [2.45, 2.75) is 6.61 Å². The summed E-state index contributed by atoms with van der Waals surface area (Å²) in [7, 11) is 1.91. The fourth-order valence-corrected chi connectivity index (χ4v) is 2.33. The van der Waals surface area contributed by atoms with Crippen LogP contribution in [0.25, 0.3) is 10.9 Å². The number of hydrogen-bond donors (Lipinski definition) is 1. The van der Waals surface area contributed by atoms with Crippen molar-refractivity contribution in [3.63, 3.8) is 0 Å². The Bertz CT molecular complexity index is 790. The summed E-state index contributed by atoms with van der Waals surface area (Å²) in [5.74, 6) is -0.103. The zero-order chi connectivity index (χ0) is 14.8. The molecule has 106 valence electrons. The van der Waals surface area contributed by atoms with Crippen LogP contribution in [0.5, 0.6) is 5.75 Å². The Hall–Kier alpha value is -2.75. The molecule has 4 heteroatoms. The minimum Gasteiger partial charge on any atom is -0.487 e. The molecule has 0 amide bonds. The molecule has 0 unspecified atom stereocenters. The lowest BCUT2D eigenvalue weighted by Crippen LogP contribution is -2.02. The number of aromatic nitrogens is 1. The highest BCUT2D eigenvalue weighted by Gasteiger charge is 2.10. The van der Waals surface area contributed by atoms with E-state index in [2.05, 4.69) is 0 Å². The standard InChI is InChI=1S/C17H15NO3/c1-18-14(11-21-15-5-3-2-4-6-15)9-12-7-8-13(17(19)20)10-16(12)18/h2-10H,11H2,1H3,(H,19,20). The number of benzene rings is 2. The molecule has 0 aliphatic carbocycles. The first kappa shape index (κ1) is 13.2. The zero-order valence-electron chi connectivity index (χ0n) is 11.6. The maximum absolute atomic E-state index is 11.0. The first-order valence-corrected chi connectivity index (χ1v) is 6.64. The Labute approximate surface area is 122 Å². The molecule has 1 N–H and O–H groups in total. The molecule has 2 aromatic carbocycles. The first-order chi connectivity index (χ1) is 10.1. The fourth-order valence-electron chi connectivity index (χ4n) is 2.33. The number of carboxylic acid groups (broad SMARTS) is 1. The van der Waals surface area contributed by atoms with E-state index in [1.165, 1.54) is 0 Å². The van der Waals surface area contributed by atoms with Gasteiger partial charge in [0.15, 0.2) is 0 Å². The highest BCUT2D eigenvalue weighted by atomic mass is 16.5. The van der Waals surface area contributed by atoms with Gasteiger partial charge < -0.3 is 14.4 Å². The van der Waals surface area contributed by atoms with E-state index in [0.29, 0.717) is 12.2 Å². The van der Waals surface area contributed by atoms with Crippen LogP contribution in [0.15, 0.2) is 54.6 Å². The second-order valence-electron chi connectivity index (χ2n) is 4.88. The topological polar surface area (TPSA) is 51.5 Å². The van der Waals surface area contributed by atoms with Crippen LogP contribution in [-0.4, -0.2) is 15.6 Å². The Morgan fingerprint density at radius 1 is 1.14 bits per heavy atom. The number of carboxylic acids is 1. The second-order valence-corrected chi connectivity index (χ2v) is 4.88. The predicted molar refractivity (Wildman–Crippen MR) is 80.7 cm³/mol. The van der Waals surface area contributed by atoms with Crippen LogP contribution in [0.4, 0.5) is 0 Å². The second kappa shape index (κ2) is 5.32. The maximum atomic E-state index is 11.0. The van der Waals surface area contributed by atoms with Crippen LogP contribution in [0.3, 0.4) is 0 Å². The Balaban J connectivity index is 1.89. The summed E-state index contributed by atoms with van der Waals surface area (Å²) in [6, 6.07) is 16.8. The van der Waals surface area contributed by atoms with Crippen molar-refractivity contribution in [2.75, 3.05) is 0 Å². The van der Waals surface area contributed by atoms with E-state index >= 15 is 0 Å². The molecule has 21 heavy (non-hydrogen) atoms. The highest BCUT2D eigenvalue weighted by Crippen LogP contribution is 2.21. The molecule has 1 aromatic heterocycles. The summed E-state index contributed by atoms with van der Waals surface area (Å²) in [5.41, 5.74) is 2.18. The van der Waals surface area contributed by atoms with E-state index < -0.39 is 5.97 Å². The molecule has 4 nitrogen and oxygen atoms in total. The predicted octanol–water partition coefficient (Wildman–Crippen LogP) is 3.46. The normalized spacial score (nSPS) is 10.7. The molecule has 0 aliphatic rings. The van der Waals surface area contributed by atoms with Crippen LogP contribution in [-0.2, 0) is 13.7 Å². The van der Waals surface area contributed by atoms with E-state index in [-0.39, 0.29) is 0 Å². The molecule has 3 aromatic rings. The molecular formula is C17H15NO3. The lowest BCUT2D eigenvalue weighted by atomic mass is 10.1. The summed E-state index contributed by atoms with van der Waals surface area (Å²) >= 11 is 0. The summed E-state index contributed by atoms with van der Waals surface area (Å²) in [4.78, 5) is 11.0. The fraction of sp³-hybridized carbons (Fsp3) is 0.118. The van der Waals surface area contributed by atoms with E-state index in [0.717, 1.165) is 22.3 Å². The lowest BCUT2D eigenvalue weighted by Gasteiger charge is -2.07. The van der Waals surface area contributed by atoms with Crippen molar-refractivity contribution in [2.24, 2.45) is 7.05 Å². The monoisotopic (exact) mass is 281 g/mol. The van der Waals surface area contributed by atoms with Gasteiger partial charge in [0.1, 0.15) is 12.4 Å². The van der Waals surface area contributed by atoms with E-state index in [9.17, 15) is 4.79 Å². The smallest absolute Gasteiger partial charge is 0.335 e. The molecule has 0 atom stereocenters. The molecule has 0 spiro atoms. The molecule has 0 fully saturated rings. The van der Waals surface area contributed by atoms with Crippen LogP contribution < -0.4 is 4.74 Å². The average molecular weight is 281 g/mol. The van der Waals surface area contributed by atoms with Crippen molar-refractivity contribution in [1.29, 1.82) is 0 Å². The van der Waals surface area contributed by atoms with Gasteiger partial charge in [0.2, 0.25) is 0 Å². The molecule has 0 saturated carbocycles. The number of aryl methyl sites for hydroxylation is 1. The Kier molecular flexibility index (Phi) is 3.36. The Morgan fingerprint density at radius 3 is 2.62 bits per heavy atom. The summed E-state index contributed by atoms with van der Waals surface area (Å²) in [6.07, 6.45) is 0.